The van der Waals surface area contributed by atoms with Crippen molar-refractivity contribution in [2.45, 2.75) is 11.5 Å². The maximum Gasteiger partial charge on any atom is 0.416 e. The van der Waals surface area contributed by atoms with Crippen molar-refractivity contribution in [3.05, 3.63) is 29.6 Å². The molecule has 1 heterocycles. The summed E-state index contributed by atoms with van der Waals surface area (Å²) in [5.41, 5.74) is -0.473. The van der Waals surface area contributed by atoms with Gasteiger partial charge in [0.15, 0.2) is 0 Å². The molecule has 0 radical (unpaired) electrons. The molecule has 1 aromatic rings. The highest BCUT2D eigenvalue weighted by atomic mass is 79.9. The molecule has 12 heavy (non-hydrogen) atoms. The molecular weight excluding hydrogens is 235 g/mol. The van der Waals surface area contributed by atoms with E-state index in [1.54, 1.807) is 0 Å². The average molecular weight is 240 g/mol. The molecule has 0 spiro atoms. The molecule has 0 N–H and O–H groups in total. The van der Waals surface area contributed by atoms with E-state index in [1.807, 2.05) is 0 Å². The summed E-state index contributed by atoms with van der Waals surface area (Å²) in [5, 5.41) is 0.162. The Bertz CT molecular complexity index is 272. The zero-order valence-corrected chi connectivity index (χ0v) is 7.48. The van der Waals surface area contributed by atoms with Gasteiger partial charge in [0.2, 0.25) is 0 Å². The molecular formula is C7H5BrF3N. The second-order valence-electron chi connectivity index (χ2n) is 2.16. The third-order valence-corrected chi connectivity index (χ3v) is 1.96. The fraction of sp³-hybridized carbons (Fsp3) is 0.286. The molecule has 0 unspecified atom stereocenters. The maximum absolute atomic E-state index is 12.2. The van der Waals surface area contributed by atoms with Crippen LogP contribution in [0.25, 0.3) is 0 Å². The Morgan fingerprint density at radius 2 is 2.08 bits per heavy atom. The lowest BCUT2D eigenvalue weighted by molar-refractivity contribution is -0.138. The van der Waals surface area contributed by atoms with Crippen LogP contribution in [-0.2, 0) is 11.5 Å². The largest absolute Gasteiger partial charge is 0.416 e. The van der Waals surface area contributed by atoms with Crippen molar-refractivity contribution in [2.24, 2.45) is 0 Å². The number of hydrogen-bond donors (Lipinski definition) is 0. The lowest BCUT2D eigenvalue weighted by Crippen LogP contribution is -2.08. The molecule has 0 aliphatic rings. The fourth-order valence-corrected chi connectivity index (χ4v) is 1.26. The van der Waals surface area contributed by atoms with Crippen molar-refractivity contribution in [1.82, 2.24) is 4.98 Å². The van der Waals surface area contributed by atoms with E-state index >= 15 is 0 Å². The molecule has 0 fully saturated rings. The van der Waals surface area contributed by atoms with Crippen molar-refractivity contribution in [3.8, 4) is 0 Å². The number of aromatic nitrogens is 1. The van der Waals surface area contributed by atoms with Gasteiger partial charge in [0, 0.05) is 17.7 Å². The van der Waals surface area contributed by atoms with Crippen LogP contribution in [0.2, 0.25) is 0 Å². The molecule has 0 saturated carbocycles. The molecule has 0 amide bonds. The van der Waals surface area contributed by atoms with Gasteiger partial charge in [-0.25, -0.2) is 0 Å². The van der Waals surface area contributed by atoms with Crippen molar-refractivity contribution in [3.63, 3.8) is 0 Å². The van der Waals surface area contributed by atoms with Gasteiger partial charge in [0.25, 0.3) is 0 Å². The zero-order chi connectivity index (χ0) is 9.19. The van der Waals surface area contributed by atoms with Gasteiger partial charge in [-0.2, -0.15) is 13.2 Å². The molecule has 1 aromatic heterocycles. The van der Waals surface area contributed by atoms with Crippen LogP contribution >= 0.6 is 15.9 Å². The molecule has 1 rings (SSSR count). The molecule has 66 valence electrons. The summed E-state index contributed by atoms with van der Waals surface area (Å²) in [6.45, 7) is 0. The number of hydrogen-bond acceptors (Lipinski definition) is 1. The lowest BCUT2D eigenvalue weighted by atomic mass is 10.1. The molecule has 1 nitrogen and oxygen atoms in total. The Kier molecular flexibility index (Phi) is 2.72. The number of nitrogens with zero attached hydrogens (tertiary/aromatic N) is 1. The first kappa shape index (κ1) is 9.51. The SMILES string of the molecule is FC(F)(F)c1ccncc1CBr. The van der Waals surface area contributed by atoms with Gasteiger partial charge >= 0.3 is 6.18 Å². The fourth-order valence-electron chi connectivity index (χ4n) is 0.810. The highest BCUT2D eigenvalue weighted by Crippen LogP contribution is 2.31. The van der Waals surface area contributed by atoms with Gasteiger partial charge in [0.05, 0.1) is 5.56 Å². The van der Waals surface area contributed by atoms with Gasteiger partial charge in [-0.1, -0.05) is 15.9 Å². The zero-order valence-electron chi connectivity index (χ0n) is 5.90. The van der Waals surface area contributed by atoms with Gasteiger partial charge < -0.3 is 0 Å². The first-order valence-corrected chi connectivity index (χ1v) is 4.24. The minimum Gasteiger partial charge on any atom is -0.264 e. The highest BCUT2D eigenvalue weighted by molar-refractivity contribution is 9.08. The third kappa shape index (κ3) is 1.97. The van der Waals surface area contributed by atoms with Crippen LogP contribution in [0.1, 0.15) is 11.1 Å². The second kappa shape index (κ2) is 3.43. The van der Waals surface area contributed by atoms with Crippen LogP contribution in [0.3, 0.4) is 0 Å². The van der Waals surface area contributed by atoms with Crippen LogP contribution in [0.5, 0.6) is 0 Å². The monoisotopic (exact) mass is 239 g/mol. The molecule has 0 saturated heterocycles. The van der Waals surface area contributed by atoms with Crippen LogP contribution in [0.4, 0.5) is 13.2 Å². The van der Waals surface area contributed by atoms with Crippen molar-refractivity contribution in [2.75, 3.05) is 0 Å². The van der Waals surface area contributed by atoms with Crippen molar-refractivity contribution < 1.29 is 13.2 Å². The van der Waals surface area contributed by atoms with E-state index in [0.29, 0.717) is 0 Å². The highest BCUT2D eigenvalue weighted by Gasteiger charge is 2.32. The van der Waals surface area contributed by atoms with Crippen LogP contribution in [0.15, 0.2) is 18.5 Å². The van der Waals surface area contributed by atoms with E-state index in [2.05, 4.69) is 20.9 Å². The van der Waals surface area contributed by atoms with Gasteiger partial charge in [-0.15, -0.1) is 0 Å². The van der Waals surface area contributed by atoms with Gasteiger partial charge in [-0.3, -0.25) is 4.98 Å². The number of pyridine rings is 1. The first-order chi connectivity index (χ1) is 5.55. The molecule has 5 heteroatoms. The normalized spacial score (nSPS) is 11.7. The van der Waals surface area contributed by atoms with E-state index in [4.69, 9.17) is 0 Å². The lowest BCUT2D eigenvalue weighted by Gasteiger charge is -2.09. The van der Waals surface area contributed by atoms with Crippen LogP contribution in [-0.4, -0.2) is 4.98 Å². The summed E-state index contributed by atoms with van der Waals surface area (Å²) in [6.07, 6.45) is -1.95. The summed E-state index contributed by atoms with van der Waals surface area (Å²) < 4.78 is 36.6. The minimum absolute atomic E-state index is 0.157. The predicted octanol–water partition coefficient (Wildman–Crippen LogP) is 3.00. The predicted molar refractivity (Wildman–Crippen MR) is 41.9 cm³/mol. The van der Waals surface area contributed by atoms with E-state index < -0.39 is 11.7 Å². The number of rotatable bonds is 1. The third-order valence-electron chi connectivity index (χ3n) is 1.35. The van der Waals surface area contributed by atoms with Gasteiger partial charge in [-0.05, 0) is 11.6 Å². The number of alkyl halides is 4. The first-order valence-electron chi connectivity index (χ1n) is 3.11. The summed E-state index contributed by atoms with van der Waals surface area (Å²) in [5.74, 6) is 0. The summed E-state index contributed by atoms with van der Waals surface area (Å²) >= 11 is 2.96. The quantitative estimate of drug-likeness (QED) is 0.687. The Morgan fingerprint density at radius 3 is 2.50 bits per heavy atom. The summed E-state index contributed by atoms with van der Waals surface area (Å²) in [6, 6.07) is 0.969. The average Bonchev–Trinajstić information content (AvgIpc) is 2.03. The molecule has 0 bridgehead atoms. The van der Waals surface area contributed by atoms with E-state index in [1.165, 1.54) is 6.20 Å². The smallest absolute Gasteiger partial charge is 0.264 e. The molecule has 0 aliphatic carbocycles. The number of halogens is 4. The molecule has 0 aromatic carbocycles. The molecule has 0 atom stereocenters. The van der Waals surface area contributed by atoms with Crippen LogP contribution in [0, 0.1) is 0 Å². The van der Waals surface area contributed by atoms with Crippen molar-refractivity contribution in [1.29, 1.82) is 0 Å². The summed E-state index contributed by atoms with van der Waals surface area (Å²) in [7, 11) is 0. The topological polar surface area (TPSA) is 12.9 Å². The maximum atomic E-state index is 12.2. The van der Waals surface area contributed by atoms with Crippen LogP contribution < -0.4 is 0 Å². The minimum atomic E-state index is -4.29. The Hall–Kier alpha value is -0.580. The van der Waals surface area contributed by atoms with Gasteiger partial charge in [0.1, 0.15) is 0 Å². The van der Waals surface area contributed by atoms with Crippen molar-refractivity contribution >= 4 is 15.9 Å². The Balaban J connectivity index is 3.14. The Labute approximate surface area is 75.7 Å². The molecule has 0 aliphatic heterocycles. The van der Waals surface area contributed by atoms with E-state index in [0.717, 1.165) is 12.3 Å². The Morgan fingerprint density at radius 1 is 1.42 bits per heavy atom. The van der Waals surface area contributed by atoms with E-state index in [9.17, 15) is 13.2 Å². The second-order valence-corrected chi connectivity index (χ2v) is 2.72. The van der Waals surface area contributed by atoms with E-state index in [-0.39, 0.29) is 10.9 Å². The standard InChI is InChI=1S/C7H5BrF3N/c8-3-5-4-12-2-1-6(5)7(9,10)11/h1-2,4H,3H2. The summed E-state index contributed by atoms with van der Waals surface area (Å²) in [4.78, 5) is 3.60.